The van der Waals surface area contributed by atoms with Gasteiger partial charge in [0.05, 0.1) is 32.0 Å². The summed E-state index contributed by atoms with van der Waals surface area (Å²) in [6.45, 7) is 0. The first kappa shape index (κ1) is 29.0. The number of nitro groups is 1. The minimum Gasteiger partial charge on any atom is -0.309 e. The molecule has 1 aromatic heterocycles. The molecule has 0 atom stereocenters. The molecule has 1 fully saturated rings. The Morgan fingerprint density at radius 2 is 1.45 bits per heavy atom. The average molecular weight is 640 g/mol. The van der Waals surface area contributed by atoms with Crippen LogP contribution in [0.1, 0.15) is 5.56 Å². The first-order valence-electron chi connectivity index (χ1n) is 13.2. The van der Waals surface area contributed by atoms with E-state index in [0.717, 1.165) is 21.7 Å². The van der Waals surface area contributed by atoms with Crippen LogP contribution in [0.3, 0.4) is 0 Å². The zero-order valence-electron chi connectivity index (χ0n) is 22.6. The highest BCUT2D eigenvalue weighted by atomic mass is 35.5. The Bertz CT molecular complexity index is 1990. The summed E-state index contributed by atoms with van der Waals surface area (Å²) in [6, 6.07) is 31.9. The highest BCUT2D eigenvalue weighted by molar-refractivity contribution is 7.80. The number of nitrogens with one attached hydrogen (secondary N) is 1. The number of rotatable bonds is 6. The zero-order valence-corrected chi connectivity index (χ0v) is 24.9. The maximum Gasteiger partial charge on any atom is 0.270 e. The molecule has 11 heteroatoms. The van der Waals surface area contributed by atoms with Gasteiger partial charge >= 0.3 is 0 Å². The molecule has 216 valence electrons. The number of hydrogen-bond acceptors (Lipinski definition) is 5. The minimum atomic E-state index is -0.675. The van der Waals surface area contributed by atoms with Crippen molar-refractivity contribution in [3.05, 3.63) is 140 Å². The highest BCUT2D eigenvalue weighted by Gasteiger charge is 2.36. The number of carbonyl (C=O) groups excluding carboxylic acids is 2. The summed E-state index contributed by atoms with van der Waals surface area (Å²) >= 11 is 18.0. The molecule has 2 heterocycles. The van der Waals surface area contributed by atoms with E-state index in [2.05, 4.69) is 5.32 Å². The molecule has 1 N–H and O–H groups in total. The lowest BCUT2D eigenvalue weighted by Gasteiger charge is -2.29. The van der Waals surface area contributed by atoms with Crippen LogP contribution < -0.4 is 10.2 Å². The van der Waals surface area contributed by atoms with E-state index < -0.39 is 16.7 Å². The molecule has 5 aromatic rings. The molecule has 0 aliphatic carbocycles. The summed E-state index contributed by atoms with van der Waals surface area (Å²) in [4.78, 5) is 39.3. The number of nitro benzene ring substituents is 1. The zero-order chi connectivity index (χ0) is 31.0. The summed E-state index contributed by atoms with van der Waals surface area (Å²) in [6.07, 6.45) is 1.52. The van der Waals surface area contributed by atoms with E-state index in [9.17, 15) is 19.7 Å². The van der Waals surface area contributed by atoms with Crippen LogP contribution >= 0.6 is 35.4 Å². The van der Waals surface area contributed by atoms with Gasteiger partial charge in [-0.15, -0.1) is 0 Å². The van der Waals surface area contributed by atoms with Gasteiger partial charge in [0, 0.05) is 23.4 Å². The number of hydrogen-bond donors (Lipinski definition) is 1. The highest BCUT2D eigenvalue weighted by Crippen LogP contribution is 2.39. The maximum absolute atomic E-state index is 13.9. The third-order valence-electron chi connectivity index (χ3n) is 7.04. The Balaban J connectivity index is 1.60. The summed E-state index contributed by atoms with van der Waals surface area (Å²) in [7, 11) is 0. The number of nitrogens with zero attached hydrogens (tertiary/aromatic N) is 3. The van der Waals surface area contributed by atoms with Crippen LogP contribution in [0.25, 0.3) is 34.3 Å². The number of non-ortho nitro benzene ring substituents is 1. The number of halogens is 2. The number of benzene rings is 4. The molecule has 0 saturated carbocycles. The molecule has 1 aliphatic rings. The van der Waals surface area contributed by atoms with Crippen molar-refractivity contribution in [3.63, 3.8) is 0 Å². The van der Waals surface area contributed by atoms with Crippen molar-refractivity contribution in [1.29, 1.82) is 0 Å². The lowest BCUT2D eigenvalue weighted by atomic mass is 10.0. The summed E-state index contributed by atoms with van der Waals surface area (Å²) in [5.41, 5.74) is 4.23. The fourth-order valence-electron chi connectivity index (χ4n) is 5.04. The Labute approximate surface area is 266 Å². The average Bonchev–Trinajstić information content (AvgIpc) is 3.41. The van der Waals surface area contributed by atoms with Crippen molar-refractivity contribution in [2.45, 2.75) is 0 Å². The molecule has 2 amide bonds. The lowest BCUT2D eigenvalue weighted by molar-refractivity contribution is -0.384. The van der Waals surface area contributed by atoms with Gasteiger partial charge in [0.2, 0.25) is 0 Å². The van der Waals surface area contributed by atoms with E-state index in [1.54, 1.807) is 30.3 Å². The first-order valence-corrected chi connectivity index (χ1v) is 14.4. The fraction of sp³-hybridized carbons (Fsp3) is 0. The van der Waals surface area contributed by atoms with Crippen molar-refractivity contribution in [1.82, 2.24) is 9.88 Å². The molecule has 6 rings (SSSR count). The van der Waals surface area contributed by atoms with Gasteiger partial charge in [-0.25, -0.2) is 0 Å². The van der Waals surface area contributed by atoms with Crippen LogP contribution in [0.4, 0.5) is 11.4 Å². The Morgan fingerprint density at radius 1 is 0.818 bits per heavy atom. The van der Waals surface area contributed by atoms with Crippen molar-refractivity contribution < 1.29 is 14.5 Å². The minimum absolute atomic E-state index is 0.0500. The lowest BCUT2D eigenvalue weighted by Crippen LogP contribution is -2.54. The van der Waals surface area contributed by atoms with Gasteiger partial charge in [-0.1, -0.05) is 89.9 Å². The molecule has 0 bridgehead atoms. The Morgan fingerprint density at radius 3 is 2.09 bits per heavy atom. The van der Waals surface area contributed by atoms with Gasteiger partial charge in [0.1, 0.15) is 5.57 Å². The second-order valence-electron chi connectivity index (χ2n) is 9.71. The quantitative estimate of drug-likeness (QED) is 0.0671. The second-order valence-corrected chi connectivity index (χ2v) is 10.9. The molecular formula is C33H20Cl2N4O4S. The summed E-state index contributed by atoms with van der Waals surface area (Å²) in [5, 5.41) is 14.2. The van der Waals surface area contributed by atoms with Crippen LogP contribution in [-0.2, 0) is 9.59 Å². The predicted octanol–water partition coefficient (Wildman–Crippen LogP) is 7.86. The SMILES string of the molecule is O=C1NC(=S)N(c2cccc(Cl)c2Cl)C(=O)/C1=C\c1cc(-c2ccccc2)n(-c2ccc([N+](=O)[O-])cc2)c1-c1ccccc1. The topological polar surface area (TPSA) is 97.5 Å². The van der Waals surface area contributed by atoms with Gasteiger partial charge in [0.25, 0.3) is 17.5 Å². The predicted molar refractivity (Wildman–Crippen MR) is 176 cm³/mol. The van der Waals surface area contributed by atoms with Crippen molar-refractivity contribution in [2.24, 2.45) is 0 Å². The molecule has 44 heavy (non-hydrogen) atoms. The number of carbonyl (C=O) groups is 2. The number of aromatic nitrogens is 1. The van der Waals surface area contributed by atoms with Gasteiger partial charge in [-0.3, -0.25) is 29.9 Å². The first-order chi connectivity index (χ1) is 21.2. The molecule has 8 nitrogen and oxygen atoms in total. The van der Waals surface area contributed by atoms with Crippen LogP contribution in [0.15, 0.2) is 115 Å². The van der Waals surface area contributed by atoms with Crippen molar-refractivity contribution in [3.8, 4) is 28.2 Å². The Kier molecular flexibility index (Phi) is 7.84. The van der Waals surface area contributed by atoms with E-state index >= 15 is 0 Å². The number of anilines is 1. The molecule has 0 spiro atoms. The van der Waals surface area contributed by atoms with Gasteiger partial charge < -0.3 is 4.57 Å². The van der Waals surface area contributed by atoms with Gasteiger partial charge in [-0.05, 0) is 59.8 Å². The maximum atomic E-state index is 13.9. The molecule has 0 radical (unpaired) electrons. The third kappa shape index (κ3) is 5.28. The fourth-order valence-corrected chi connectivity index (χ4v) is 5.70. The van der Waals surface area contributed by atoms with Crippen molar-refractivity contribution >= 4 is 69.8 Å². The molecule has 4 aromatic carbocycles. The van der Waals surface area contributed by atoms with Gasteiger partial charge in [0.15, 0.2) is 5.11 Å². The van der Waals surface area contributed by atoms with E-state index in [4.69, 9.17) is 35.4 Å². The van der Waals surface area contributed by atoms with E-state index in [1.807, 2.05) is 71.3 Å². The van der Waals surface area contributed by atoms with E-state index in [0.29, 0.717) is 16.9 Å². The molecule has 1 aliphatic heterocycles. The largest absolute Gasteiger partial charge is 0.309 e. The standard InChI is InChI=1S/C33H20Cl2N4O4S/c34-26-12-7-13-27(29(26)35)38-32(41)25(31(40)36-33(38)44)18-22-19-28(20-8-3-1-4-9-20)37(30(22)21-10-5-2-6-11-21)23-14-16-24(17-15-23)39(42)43/h1-19H,(H,36,40,44)/b25-18-. The van der Waals surface area contributed by atoms with Gasteiger partial charge in [-0.2, -0.15) is 0 Å². The third-order valence-corrected chi connectivity index (χ3v) is 8.13. The van der Waals surface area contributed by atoms with Crippen LogP contribution in [-0.4, -0.2) is 26.4 Å². The van der Waals surface area contributed by atoms with Crippen LogP contribution in [0, 0.1) is 10.1 Å². The summed E-state index contributed by atoms with van der Waals surface area (Å²) < 4.78 is 1.95. The number of thiocarbonyl (C=S) groups is 1. The van der Waals surface area contributed by atoms with E-state index in [1.165, 1.54) is 18.2 Å². The smallest absolute Gasteiger partial charge is 0.270 e. The molecular weight excluding hydrogens is 619 g/mol. The monoisotopic (exact) mass is 638 g/mol. The summed E-state index contributed by atoms with van der Waals surface area (Å²) in [5.74, 6) is -1.34. The molecule has 1 saturated heterocycles. The van der Waals surface area contributed by atoms with Crippen LogP contribution in [0.2, 0.25) is 10.0 Å². The Hall–Kier alpha value is -5.09. The molecule has 0 unspecified atom stereocenters. The normalized spacial score (nSPS) is 14.2. The van der Waals surface area contributed by atoms with E-state index in [-0.39, 0.29) is 32.1 Å². The van der Waals surface area contributed by atoms with Crippen molar-refractivity contribution in [2.75, 3.05) is 4.90 Å². The second kappa shape index (κ2) is 11.9. The van der Waals surface area contributed by atoms with Crippen LogP contribution in [0.5, 0.6) is 0 Å². The number of amides is 2.